The number of unbranched alkanes of at least 4 members (excludes halogenated alkanes) is 3. The molecule has 0 bridgehead atoms. The topological polar surface area (TPSA) is 69.3 Å². The fourth-order valence-corrected chi connectivity index (χ4v) is 6.60. The number of rotatable bonds is 8. The highest BCUT2D eigenvalue weighted by molar-refractivity contribution is 7.98. The van der Waals surface area contributed by atoms with Crippen LogP contribution in [0.3, 0.4) is 0 Å². The molecule has 0 spiro atoms. The molecule has 6 nitrogen and oxygen atoms in total. The predicted molar refractivity (Wildman–Crippen MR) is 131 cm³/mol. The van der Waals surface area contributed by atoms with E-state index in [2.05, 4.69) is 11.9 Å². The van der Waals surface area contributed by atoms with E-state index in [1.807, 2.05) is 22.8 Å². The van der Waals surface area contributed by atoms with Crippen molar-refractivity contribution in [3.63, 3.8) is 0 Å². The van der Waals surface area contributed by atoms with Gasteiger partial charge in [0.25, 0.3) is 11.1 Å². The Morgan fingerprint density at radius 1 is 1.12 bits per heavy atom. The summed E-state index contributed by atoms with van der Waals surface area (Å²) in [7, 11) is 0. The van der Waals surface area contributed by atoms with Crippen LogP contribution in [0.2, 0.25) is 0 Å². The number of aryl methyl sites for hydroxylation is 2. The van der Waals surface area contributed by atoms with Crippen molar-refractivity contribution in [2.45, 2.75) is 69.3 Å². The number of hydrogen-bond acceptors (Lipinski definition) is 6. The smallest absolute Gasteiger partial charge is 0.263 e. The summed E-state index contributed by atoms with van der Waals surface area (Å²) in [6.07, 6.45) is 9.31. The van der Waals surface area contributed by atoms with Crippen LogP contribution in [0.4, 0.5) is 0 Å². The minimum absolute atomic E-state index is 0.0961. The van der Waals surface area contributed by atoms with Gasteiger partial charge in [-0.25, -0.2) is 9.97 Å². The van der Waals surface area contributed by atoms with Crippen LogP contribution in [0.25, 0.3) is 15.9 Å². The Morgan fingerprint density at radius 2 is 2.03 bits per heavy atom. The van der Waals surface area contributed by atoms with E-state index in [9.17, 15) is 9.59 Å². The molecule has 4 aromatic rings. The third-order valence-electron chi connectivity index (χ3n) is 6.00. The molecule has 0 atom stereocenters. The fraction of sp³-hybridized carbons (Fsp3) is 0.417. The first-order valence-electron chi connectivity index (χ1n) is 11.3. The number of fused-ring (bicyclic) bond motifs is 4. The van der Waals surface area contributed by atoms with Crippen molar-refractivity contribution in [1.29, 1.82) is 0 Å². The Hall–Kier alpha value is -2.45. The van der Waals surface area contributed by atoms with Gasteiger partial charge in [0.2, 0.25) is 0 Å². The van der Waals surface area contributed by atoms with Gasteiger partial charge < -0.3 is 0 Å². The molecule has 1 aliphatic carbocycles. The molecule has 0 saturated carbocycles. The molecule has 0 amide bonds. The zero-order chi connectivity index (χ0) is 22.1. The van der Waals surface area contributed by atoms with Crippen LogP contribution in [0.15, 0.2) is 45.2 Å². The lowest BCUT2D eigenvalue weighted by molar-refractivity contribution is 0.531. The van der Waals surface area contributed by atoms with Crippen LogP contribution in [0.1, 0.15) is 55.2 Å². The Labute approximate surface area is 194 Å². The first kappa shape index (κ1) is 21.4. The van der Waals surface area contributed by atoms with Crippen molar-refractivity contribution >= 4 is 39.0 Å². The van der Waals surface area contributed by atoms with Gasteiger partial charge in [0.1, 0.15) is 10.5 Å². The lowest BCUT2D eigenvalue weighted by Crippen LogP contribution is -2.23. The standard InChI is InChI=1S/C24H26N4O2S2/c1-2-3-4-6-13-28-23(30)21-17-9-8-10-18(17)32-22(21)26-24(28)31-15-16-14-20(29)27-12-7-5-11-19(27)25-16/h5,7,11-12,14H,2-4,6,8-10,13,15H2,1H3. The number of nitrogens with zero attached hydrogens (tertiary/aromatic N) is 4. The van der Waals surface area contributed by atoms with Gasteiger partial charge in [0.05, 0.1) is 11.1 Å². The SMILES string of the molecule is CCCCCCn1c(SCc2cc(=O)n3ccccc3n2)nc2sc3c(c2c1=O)CCC3. The quantitative estimate of drug-likeness (QED) is 0.211. The molecule has 4 heterocycles. The first-order chi connectivity index (χ1) is 15.7. The molecule has 4 aromatic heterocycles. The van der Waals surface area contributed by atoms with Gasteiger partial charge in [-0.1, -0.05) is 44.0 Å². The summed E-state index contributed by atoms with van der Waals surface area (Å²) >= 11 is 3.17. The average Bonchev–Trinajstić information content (AvgIpc) is 3.37. The lowest BCUT2D eigenvalue weighted by atomic mass is 10.2. The monoisotopic (exact) mass is 466 g/mol. The molecule has 0 unspecified atom stereocenters. The summed E-state index contributed by atoms with van der Waals surface area (Å²) in [6, 6.07) is 7.09. The Bertz CT molecular complexity index is 1400. The highest BCUT2D eigenvalue weighted by atomic mass is 32.2. The molecule has 0 saturated heterocycles. The van der Waals surface area contributed by atoms with Crippen LogP contribution in [0.5, 0.6) is 0 Å². The average molecular weight is 467 g/mol. The van der Waals surface area contributed by atoms with Crippen molar-refractivity contribution < 1.29 is 0 Å². The molecule has 1 aliphatic rings. The zero-order valence-electron chi connectivity index (χ0n) is 18.2. The van der Waals surface area contributed by atoms with E-state index in [0.717, 1.165) is 53.9 Å². The normalized spacial score (nSPS) is 13.3. The van der Waals surface area contributed by atoms with Crippen molar-refractivity contribution in [1.82, 2.24) is 18.9 Å². The van der Waals surface area contributed by atoms with E-state index in [-0.39, 0.29) is 11.1 Å². The maximum absolute atomic E-state index is 13.5. The van der Waals surface area contributed by atoms with Crippen molar-refractivity contribution in [2.75, 3.05) is 0 Å². The third kappa shape index (κ3) is 4.01. The predicted octanol–water partition coefficient (Wildman–Crippen LogP) is 4.83. The van der Waals surface area contributed by atoms with E-state index < -0.39 is 0 Å². The molecule has 166 valence electrons. The number of thiophene rings is 1. The molecular weight excluding hydrogens is 440 g/mol. The number of hydrogen-bond donors (Lipinski definition) is 0. The highest BCUT2D eigenvalue weighted by Gasteiger charge is 2.23. The Morgan fingerprint density at radius 3 is 2.91 bits per heavy atom. The maximum Gasteiger partial charge on any atom is 0.263 e. The van der Waals surface area contributed by atoms with E-state index in [1.165, 1.54) is 33.0 Å². The molecular formula is C24H26N4O2S2. The van der Waals surface area contributed by atoms with Gasteiger partial charge in [-0.2, -0.15) is 0 Å². The largest absolute Gasteiger partial charge is 0.287 e. The molecule has 32 heavy (non-hydrogen) atoms. The van der Waals surface area contributed by atoms with Crippen molar-refractivity contribution in [3.05, 3.63) is 67.3 Å². The van der Waals surface area contributed by atoms with Crippen LogP contribution >= 0.6 is 23.1 Å². The Kier molecular flexibility index (Phi) is 6.15. The number of pyridine rings is 1. The maximum atomic E-state index is 13.5. The fourth-order valence-electron chi connectivity index (χ4n) is 4.38. The molecule has 5 rings (SSSR count). The highest BCUT2D eigenvalue weighted by Crippen LogP contribution is 2.36. The summed E-state index contributed by atoms with van der Waals surface area (Å²) in [5.41, 5.74) is 2.56. The molecule has 0 radical (unpaired) electrons. The second kappa shape index (κ2) is 9.19. The zero-order valence-corrected chi connectivity index (χ0v) is 19.8. The van der Waals surface area contributed by atoms with Crippen molar-refractivity contribution in [3.8, 4) is 0 Å². The molecule has 0 fully saturated rings. The van der Waals surface area contributed by atoms with Gasteiger partial charge in [0, 0.05) is 29.4 Å². The van der Waals surface area contributed by atoms with Gasteiger partial charge in [-0.15, -0.1) is 11.3 Å². The number of aromatic nitrogens is 4. The number of thioether (sulfide) groups is 1. The summed E-state index contributed by atoms with van der Waals surface area (Å²) in [6.45, 7) is 2.87. The van der Waals surface area contributed by atoms with Crippen LogP contribution < -0.4 is 11.1 Å². The summed E-state index contributed by atoms with van der Waals surface area (Å²) in [5, 5.41) is 1.57. The van der Waals surface area contributed by atoms with Gasteiger partial charge >= 0.3 is 0 Å². The first-order valence-corrected chi connectivity index (χ1v) is 13.1. The second-order valence-electron chi connectivity index (χ2n) is 8.25. The Balaban J connectivity index is 1.49. The molecule has 0 aromatic carbocycles. The van der Waals surface area contributed by atoms with Crippen LogP contribution in [-0.2, 0) is 25.1 Å². The summed E-state index contributed by atoms with van der Waals surface area (Å²) in [5.74, 6) is 0.499. The third-order valence-corrected chi connectivity index (χ3v) is 8.19. The van der Waals surface area contributed by atoms with Crippen molar-refractivity contribution in [2.24, 2.45) is 0 Å². The van der Waals surface area contributed by atoms with Crippen LogP contribution in [0, 0.1) is 0 Å². The van der Waals surface area contributed by atoms with Gasteiger partial charge in [0.15, 0.2) is 5.16 Å². The molecule has 0 N–H and O–H groups in total. The summed E-state index contributed by atoms with van der Waals surface area (Å²) in [4.78, 5) is 37.7. The lowest BCUT2D eigenvalue weighted by Gasteiger charge is -2.12. The molecule has 0 aliphatic heterocycles. The van der Waals surface area contributed by atoms with E-state index >= 15 is 0 Å². The van der Waals surface area contributed by atoms with Gasteiger partial charge in [-0.3, -0.25) is 18.6 Å². The van der Waals surface area contributed by atoms with E-state index in [0.29, 0.717) is 23.6 Å². The van der Waals surface area contributed by atoms with Crippen LogP contribution in [-0.4, -0.2) is 18.9 Å². The summed E-state index contributed by atoms with van der Waals surface area (Å²) < 4.78 is 3.40. The minimum Gasteiger partial charge on any atom is -0.287 e. The van der Waals surface area contributed by atoms with Gasteiger partial charge in [-0.05, 0) is 43.4 Å². The van der Waals surface area contributed by atoms with E-state index in [1.54, 1.807) is 23.6 Å². The van der Waals surface area contributed by atoms with E-state index in [4.69, 9.17) is 4.98 Å². The second-order valence-corrected chi connectivity index (χ2v) is 10.3. The molecule has 8 heteroatoms. The minimum atomic E-state index is -0.0961.